The summed E-state index contributed by atoms with van der Waals surface area (Å²) in [6, 6.07) is 25.9. The van der Waals surface area contributed by atoms with Crippen LogP contribution in [0.1, 0.15) is 132 Å². The number of nitriles is 1. The largest absolute Gasteiger partial charge is 0.270 e. The second-order valence-corrected chi connectivity index (χ2v) is 18.8. The zero-order valence-corrected chi connectivity index (χ0v) is 39.6. The van der Waals surface area contributed by atoms with Gasteiger partial charge in [-0.2, -0.15) is 10.4 Å². The Morgan fingerprint density at radius 3 is 2.15 bits per heavy atom. The first kappa shape index (κ1) is 45.5. The Balaban J connectivity index is 0.000000564. The van der Waals surface area contributed by atoms with Crippen molar-refractivity contribution in [2.45, 2.75) is 127 Å². The number of azo groups is 1. The lowest BCUT2D eigenvalue weighted by Crippen LogP contribution is -2.16. The Bertz CT molecular complexity index is 2660. The second-order valence-electron chi connectivity index (χ2n) is 17.8. The summed E-state index contributed by atoms with van der Waals surface area (Å²) >= 11 is 1.70. The SMILES string of the molecule is C=C(C)n1nc(C(C)(C)C)c(C#N)c1N=Nc1c(C)cc(N(c2nc3c(s2)C=CCC3)c2c(C)cccc2C)nc1CC(C)c1c(C)cccc1C.CCCc1ccccc1C. The summed E-state index contributed by atoms with van der Waals surface area (Å²) in [6.07, 6.45) is 9.42. The number of aryl methyl sites for hydroxylation is 8. The summed E-state index contributed by atoms with van der Waals surface area (Å²) in [5.74, 6) is 1.30. The molecular formula is C53H62N8S. The fourth-order valence-corrected chi connectivity index (χ4v) is 9.45. The molecule has 320 valence electrons. The Morgan fingerprint density at radius 1 is 0.903 bits per heavy atom. The molecule has 0 amide bonds. The fourth-order valence-electron chi connectivity index (χ4n) is 8.39. The van der Waals surface area contributed by atoms with Crippen molar-refractivity contribution in [1.82, 2.24) is 19.7 Å². The number of anilines is 3. The van der Waals surface area contributed by atoms with Gasteiger partial charge in [0.2, 0.25) is 0 Å². The number of fused-ring (bicyclic) bond motifs is 1. The van der Waals surface area contributed by atoms with Gasteiger partial charge in [-0.1, -0.05) is 126 Å². The predicted octanol–water partition coefficient (Wildman–Crippen LogP) is 15.1. The molecule has 7 rings (SSSR count). The molecule has 6 aromatic rings. The molecule has 0 spiro atoms. The van der Waals surface area contributed by atoms with Gasteiger partial charge < -0.3 is 0 Å². The summed E-state index contributed by atoms with van der Waals surface area (Å²) in [5, 5.41) is 25.7. The Kier molecular flexibility index (Phi) is 14.2. The number of thiazole rings is 1. The van der Waals surface area contributed by atoms with Crippen molar-refractivity contribution in [2.75, 3.05) is 4.90 Å². The minimum atomic E-state index is -0.372. The minimum Gasteiger partial charge on any atom is -0.270 e. The fraction of sp³-hybridized carbons (Fsp3) is 0.358. The maximum Gasteiger partial charge on any atom is 0.196 e. The molecular weight excluding hydrogens is 781 g/mol. The Labute approximate surface area is 373 Å². The van der Waals surface area contributed by atoms with Crippen molar-refractivity contribution < 1.29 is 0 Å². The van der Waals surface area contributed by atoms with Crippen molar-refractivity contribution in [3.05, 3.63) is 151 Å². The van der Waals surface area contributed by atoms with Crippen molar-refractivity contribution in [3.8, 4) is 6.07 Å². The van der Waals surface area contributed by atoms with Gasteiger partial charge in [-0.3, -0.25) is 4.90 Å². The highest BCUT2D eigenvalue weighted by molar-refractivity contribution is 7.16. The molecule has 1 atom stereocenters. The van der Waals surface area contributed by atoms with Crippen molar-refractivity contribution in [3.63, 3.8) is 0 Å². The molecule has 0 radical (unpaired) electrons. The van der Waals surface area contributed by atoms with E-state index in [-0.39, 0.29) is 11.3 Å². The highest BCUT2D eigenvalue weighted by atomic mass is 32.1. The van der Waals surface area contributed by atoms with Crippen molar-refractivity contribution in [2.24, 2.45) is 10.2 Å². The van der Waals surface area contributed by atoms with Crippen LogP contribution in [0.25, 0.3) is 11.8 Å². The first-order valence-corrected chi connectivity index (χ1v) is 22.6. The normalized spacial score (nSPS) is 12.8. The zero-order valence-electron chi connectivity index (χ0n) is 38.8. The number of rotatable bonds is 11. The van der Waals surface area contributed by atoms with E-state index in [1.807, 2.05) is 27.7 Å². The molecule has 1 unspecified atom stereocenters. The van der Waals surface area contributed by atoms with Gasteiger partial charge in [-0.15, -0.1) is 10.2 Å². The molecule has 0 aliphatic heterocycles. The number of pyridine rings is 1. The standard InChI is InChI=1S/C43H48N8S.C10H14/c1-25(2)51-41(32(24-44)40(49-51)43(9,10)11)48-47-38-31(8)23-36(45-34(38)22-30(7)37-26(3)16-14-17-27(37)4)50(39-28(5)18-15-19-29(39)6)42-46-33-20-12-13-21-35(33)52-42;1-3-6-10-8-5-4-7-9(10)2/h13-19,21,23,30H,1,12,20,22H2,2-11H3;4-5,7-8H,3,6H2,1-2H3. The maximum absolute atomic E-state index is 10.3. The summed E-state index contributed by atoms with van der Waals surface area (Å²) in [6.45, 7) is 29.4. The topological polar surface area (TPSA) is 95.3 Å². The van der Waals surface area contributed by atoms with Gasteiger partial charge in [0.15, 0.2) is 10.9 Å². The van der Waals surface area contributed by atoms with Gasteiger partial charge >= 0.3 is 0 Å². The molecule has 0 N–H and O–H groups in total. The second kappa shape index (κ2) is 19.4. The van der Waals surface area contributed by atoms with Gasteiger partial charge in [0, 0.05) is 11.1 Å². The molecule has 0 saturated heterocycles. The van der Waals surface area contributed by atoms with E-state index < -0.39 is 0 Å². The van der Waals surface area contributed by atoms with Gasteiger partial charge in [0.25, 0.3) is 0 Å². The monoisotopic (exact) mass is 842 g/mol. The lowest BCUT2D eigenvalue weighted by molar-refractivity contribution is 0.560. The third-order valence-electron chi connectivity index (χ3n) is 11.5. The van der Waals surface area contributed by atoms with E-state index >= 15 is 0 Å². The molecule has 8 nitrogen and oxygen atoms in total. The average molecular weight is 843 g/mol. The number of aromatic nitrogens is 4. The van der Waals surface area contributed by atoms with Crippen LogP contribution in [0.5, 0.6) is 0 Å². The molecule has 3 heterocycles. The van der Waals surface area contributed by atoms with Crippen LogP contribution in [-0.2, 0) is 24.7 Å². The molecule has 0 bridgehead atoms. The molecule has 62 heavy (non-hydrogen) atoms. The molecule has 0 saturated carbocycles. The number of allylic oxidation sites excluding steroid dienone is 2. The molecule has 1 aliphatic rings. The number of hydrogen-bond donors (Lipinski definition) is 0. The average Bonchev–Trinajstić information content (AvgIpc) is 3.82. The van der Waals surface area contributed by atoms with Gasteiger partial charge in [-0.05, 0) is 137 Å². The van der Waals surface area contributed by atoms with E-state index in [2.05, 4.69) is 152 Å². The molecule has 1 aliphatic carbocycles. The Morgan fingerprint density at radius 2 is 1.55 bits per heavy atom. The quantitative estimate of drug-likeness (QED) is 0.121. The summed E-state index contributed by atoms with van der Waals surface area (Å²) in [4.78, 5) is 14.1. The number of nitrogens with zero attached hydrogens (tertiary/aromatic N) is 8. The van der Waals surface area contributed by atoms with Gasteiger partial charge in [0.05, 0.1) is 27.6 Å². The van der Waals surface area contributed by atoms with Crippen molar-refractivity contribution in [1.29, 1.82) is 5.26 Å². The van der Waals surface area contributed by atoms with E-state index in [9.17, 15) is 5.26 Å². The molecule has 0 fully saturated rings. The van der Waals surface area contributed by atoms with Crippen LogP contribution in [0.3, 0.4) is 0 Å². The maximum atomic E-state index is 10.3. The third kappa shape index (κ3) is 9.87. The van der Waals surface area contributed by atoms with E-state index in [1.54, 1.807) is 16.0 Å². The van der Waals surface area contributed by atoms with Crippen LogP contribution >= 0.6 is 11.3 Å². The van der Waals surface area contributed by atoms with Crippen LogP contribution < -0.4 is 4.90 Å². The molecule has 3 aromatic heterocycles. The van der Waals surface area contributed by atoms with E-state index in [0.29, 0.717) is 34.9 Å². The third-order valence-corrected chi connectivity index (χ3v) is 12.5. The zero-order chi connectivity index (χ0) is 44.9. The predicted molar refractivity (Wildman–Crippen MR) is 260 cm³/mol. The highest BCUT2D eigenvalue weighted by Crippen LogP contribution is 2.44. The highest BCUT2D eigenvalue weighted by Gasteiger charge is 2.29. The van der Waals surface area contributed by atoms with E-state index in [4.69, 9.17) is 25.3 Å². The van der Waals surface area contributed by atoms with Gasteiger partial charge in [0.1, 0.15) is 23.1 Å². The lowest BCUT2D eigenvalue weighted by Gasteiger charge is -2.27. The van der Waals surface area contributed by atoms with Crippen LogP contribution in [0.2, 0.25) is 0 Å². The summed E-state index contributed by atoms with van der Waals surface area (Å²) in [5.41, 5.74) is 15.0. The van der Waals surface area contributed by atoms with Crippen LogP contribution in [0.4, 0.5) is 28.1 Å². The van der Waals surface area contributed by atoms with E-state index in [0.717, 1.165) is 57.6 Å². The minimum absolute atomic E-state index is 0.145. The molecule has 3 aromatic carbocycles. The van der Waals surface area contributed by atoms with E-state index in [1.165, 1.54) is 45.5 Å². The van der Waals surface area contributed by atoms with Crippen LogP contribution in [-0.4, -0.2) is 19.7 Å². The van der Waals surface area contributed by atoms with Gasteiger partial charge in [-0.25, -0.2) is 14.6 Å². The van der Waals surface area contributed by atoms with Crippen LogP contribution in [0, 0.1) is 52.9 Å². The first-order valence-electron chi connectivity index (χ1n) is 21.8. The Hall–Kier alpha value is -5.98. The molecule has 9 heteroatoms. The van der Waals surface area contributed by atoms with Crippen LogP contribution in [0.15, 0.2) is 89.6 Å². The number of benzene rings is 3. The summed E-state index contributed by atoms with van der Waals surface area (Å²) in [7, 11) is 0. The number of hydrogen-bond acceptors (Lipinski definition) is 8. The van der Waals surface area contributed by atoms with Crippen molar-refractivity contribution >= 4 is 51.3 Å². The lowest BCUT2D eigenvalue weighted by atomic mass is 9.88. The smallest absolute Gasteiger partial charge is 0.196 e. The summed E-state index contributed by atoms with van der Waals surface area (Å²) < 4.78 is 1.63. The first-order chi connectivity index (χ1) is 29.5. The number of para-hydroxylation sites is 1.